The van der Waals surface area contributed by atoms with E-state index in [0.29, 0.717) is 33.0 Å². The standard InChI is InChI=1S/C23H51NO4Si/c1-5-8-9-10-11-12-13-14-15-16-18-24-21-23(25)22-26-19-17-20-29(4,27-6-2)28-7-3/h23-25H,5-22H2,1-4H3. The molecule has 0 spiro atoms. The van der Waals surface area contributed by atoms with E-state index in [1.54, 1.807) is 0 Å². The average molecular weight is 434 g/mol. The summed E-state index contributed by atoms with van der Waals surface area (Å²) in [5, 5.41) is 13.4. The summed E-state index contributed by atoms with van der Waals surface area (Å²) in [5.74, 6) is 0. The highest BCUT2D eigenvalue weighted by Crippen LogP contribution is 2.16. The largest absolute Gasteiger partial charge is 0.395 e. The lowest BCUT2D eigenvalue weighted by molar-refractivity contribution is 0.0365. The second-order valence-corrected chi connectivity index (χ2v) is 11.6. The molecule has 29 heavy (non-hydrogen) atoms. The van der Waals surface area contributed by atoms with Gasteiger partial charge in [-0.25, -0.2) is 0 Å². The molecule has 0 radical (unpaired) electrons. The molecular formula is C23H51NO4Si. The Kier molecular flexibility index (Phi) is 21.3. The number of nitrogens with one attached hydrogen (secondary N) is 1. The molecule has 0 saturated carbocycles. The van der Waals surface area contributed by atoms with Crippen molar-refractivity contribution in [3.63, 3.8) is 0 Å². The molecule has 2 N–H and O–H groups in total. The molecule has 0 bridgehead atoms. The second kappa shape index (κ2) is 21.3. The molecule has 0 amide bonds. The van der Waals surface area contributed by atoms with Crippen molar-refractivity contribution in [2.24, 2.45) is 0 Å². The van der Waals surface area contributed by atoms with Gasteiger partial charge in [-0.3, -0.25) is 0 Å². The van der Waals surface area contributed by atoms with Crippen LogP contribution in [0.15, 0.2) is 0 Å². The number of ether oxygens (including phenoxy) is 1. The minimum Gasteiger partial charge on any atom is -0.395 e. The summed E-state index contributed by atoms with van der Waals surface area (Å²) in [6.45, 7) is 12.5. The Balaban J connectivity index is 3.41. The van der Waals surface area contributed by atoms with Crippen LogP contribution in [0, 0.1) is 0 Å². The number of hydrogen-bond donors (Lipinski definition) is 2. The van der Waals surface area contributed by atoms with Gasteiger partial charge in [0.1, 0.15) is 0 Å². The van der Waals surface area contributed by atoms with E-state index in [2.05, 4.69) is 18.8 Å². The van der Waals surface area contributed by atoms with Crippen LogP contribution in [0.2, 0.25) is 12.6 Å². The van der Waals surface area contributed by atoms with Gasteiger partial charge in [-0.1, -0.05) is 64.7 Å². The average Bonchev–Trinajstić information content (AvgIpc) is 2.69. The molecule has 0 aliphatic rings. The highest BCUT2D eigenvalue weighted by atomic mass is 28.4. The Bertz CT molecular complexity index is 328. The summed E-state index contributed by atoms with van der Waals surface area (Å²) in [6.07, 6.45) is 14.0. The maximum atomic E-state index is 10.0. The van der Waals surface area contributed by atoms with Crippen LogP contribution in [0.1, 0.15) is 91.4 Å². The molecule has 0 aliphatic heterocycles. The molecule has 6 heteroatoms. The molecule has 1 unspecified atom stereocenters. The van der Waals surface area contributed by atoms with Gasteiger partial charge in [-0.2, -0.15) is 0 Å². The smallest absolute Gasteiger partial charge is 0.334 e. The lowest BCUT2D eigenvalue weighted by Gasteiger charge is -2.25. The topological polar surface area (TPSA) is 60.0 Å². The van der Waals surface area contributed by atoms with Gasteiger partial charge >= 0.3 is 8.56 Å². The van der Waals surface area contributed by atoms with E-state index in [4.69, 9.17) is 13.6 Å². The van der Waals surface area contributed by atoms with E-state index in [-0.39, 0.29) is 0 Å². The first-order valence-electron chi connectivity index (χ1n) is 12.3. The molecule has 0 rings (SSSR count). The van der Waals surface area contributed by atoms with Crippen molar-refractivity contribution in [3.05, 3.63) is 0 Å². The van der Waals surface area contributed by atoms with Crippen LogP contribution in [0.5, 0.6) is 0 Å². The maximum Gasteiger partial charge on any atom is 0.334 e. The molecule has 176 valence electrons. The summed E-state index contributed by atoms with van der Waals surface area (Å²) in [7, 11) is -2.03. The fraction of sp³-hybridized carbons (Fsp3) is 1.00. The Hall–Kier alpha value is 0.0169. The van der Waals surface area contributed by atoms with Crippen LogP contribution in [0.4, 0.5) is 0 Å². The van der Waals surface area contributed by atoms with Crippen molar-refractivity contribution in [3.8, 4) is 0 Å². The summed E-state index contributed by atoms with van der Waals surface area (Å²) in [5.41, 5.74) is 0. The summed E-state index contributed by atoms with van der Waals surface area (Å²) < 4.78 is 17.3. The van der Waals surface area contributed by atoms with E-state index in [9.17, 15) is 5.11 Å². The van der Waals surface area contributed by atoms with Gasteiger partial charge in [0.05, 0.1) is 12.7 Å². The van der Waals surface area contributed by atoms with Crippen LogP contribution >= 0.6 is 0 Å². The quantitative estimate of drug-likeness (QED) is 0.167. The van der Waals surface area contributed by atoms with E-state index in [0.717, 1.165) is 19.0 Å². The van der Waals surface area contributed by atoms with Crippen LogP contribution < -0.4 is 5.32 Å². The Morgan fingerprint density at radius 2 is 1.34 bits per heavy atom. The molecule has 0 heterocycles. The molecule has 1 atom stereocenters. The first-order chi connectivity index (χ1) is 14.1. The van der Waals surface area contributed by atoms with Gasteiger partial charge < -0.3 is 24.0 Å². The molecule has 0 saturated heterocycles. The van der Waals surface area contributed by atoms with Gasteiger partial charge in [-0.05, 0) is 45.8 Å². The lowest BCUT2D eigenvalue weighted by Crippen LogP contribution is -2.39. The monoisotopic (exact) mass is 433 g/mol. The minimum absolute atomic E-state index is 0.395. The summed E-state index contributed by atoms with van der Waals surface area (Å²) >= 11 is 0. The van der Waals surface area contributed by atoms with Crippen molar-refractivity contribution in [2.75, 3.05) is 39.5 Å². The van der Waals surface area contributed by atoms with E-state index in [1.165, 1.54) is 64.2 Å². The highest BCUT2D eigenvalue weighted by molar-refractivity contribution is 6.66. The number of hydrogen-bond acceptors (Lipinski definition) is 5. The number of unbranched alkanes of at least 4 members (excludes halogenated alkanes) is 9. The van der Waals surface area contributed by atoms with Gasteiger partial charge in [0.2, 0.25) is 0 Å². The number of aliphatic hydroxyl groups excluding tert-OH is 1. The molecule has 0 aromatic heterocycles. The molecule has 0 aliphatic carbocycles. The highest BCUT2D eigenvalue weighted by Gasteiger charge is 2.29. The predicted octanol–water partition coefficient (Wildman–Crippen LogP) is 5.41. The zero-order chi connectivity index (χ0) is 21.6. The van der Waals surface area contributed by atoms with Gasteiger partial charge in [0.15, 0.2) is 0 Å². The van der Waals surface area contributed by atoms with Crippen molar-refractivity contribution in [2.45, 2.75) is 110 Å². The first-order valence-corrected chi connectivity index (χ1v) is 14.8. The van der Waals surface area contributed by atoms with Gasteiger partial charge in [-0.15, -0.1) is 0 Å². The summed E-state index contributed by atoms with van der Waals surface area (Å²) in [6, 6.07) is 0.932. The maximum absolute atomic E-state index is 10.0. The summed E-state index contributed by atoms with van der Waals surface area (Å²) in [4.78, 5) is 0. The fourth-order valence-corrected chi connectivity index (χ4v) is 5.96. The van der Waals surface area contributed by atoms with Crippen molar-refractivity contribution in [1.29, 1.82) is 0 Å². The molecule has 0 fully saturated rings. The van der Waals surface area contributed by atoms with Crippen LogP contribution in [0.3, 0.4) is 0 Å². The van der Waals surface area contributed by atoms with Gasteiger partial charge in [0.25, 0.3) is 0 Å². The zero-order valence-electron chi connectivity index (χ0n) is 20.0. The third-order valence-electron chi connectivity index (χ3n) is 5.22. The fourth-order valence-electron chi connectivity index (χ4n) is 3.58. The van der Waals surface area contributed by atoms with Crippen molar-refractivity contribution >= 4 is 8.56 Å². The first kappa shape index (κ1) is 29.0. The van der Waals surface area contributed by atoms with Crippen molar-refractivity contribution in [1.82, 2.24) is 5.32 Å². The molecular weight excluding hydrogens is 382 g/mol. The predicted molar refractivity (Wildman–Crippen MR) is 126 cm³/mol. The van der Waals surface area contributed by atoms with E-state index in [1.807, 2.05) is 13.8 Å². The SMILES string of the molecule is CCCCCCCCCCCCNCC(O)COCCC[Si](C)(OCC)OCC. The Morgan fingerprint density at radius 1 is 0.793 bits per heavy atom. The lowest BCUT2D eigenvalue weighted by atomic mass is 10.1. The third kappa shape index (κ3) is 19.7. The molecule has 0 aromatic rings. The van der Waals surface area contributed by atoms with Crippen LogP contribution in [-0.2, 0) is 13.6 Å². The molecule has 5 nitrogen and oxygen atoms in total. The van der Waals surface area contributed by atoms with E-state index < -0.39 is 14.7 Å². The van der Waals surface area contributed by atoms with Crippen molar-refractivity contribution < 1.29 is 18.7 Å². The van der Waals surface area contributed by atoms with E-state index >= 15 is 0 Å². The van der Waals surface area contributed by atoms with Crippen LogP contribution in [-0.4, -0.2) is 59.3 Å². The Labute approximate surface area is 182 Å². The zero-order valence-corrected chi connectivity index (χ0v) is 21.0. The number of rotatable bonds is 23. The second-order valence-electron chi connectivity index (χ2n) is 8.22. The van der Waals surface area contributed by atoms with Gasteiger partial charge in [0, 0.05) is 26.4 Å². The normalized spacial score (nSPS) is 13.1. The number of aliphatic hydroxyl groups is 1. The third-order valence-corrected chi connectivity index (χ3v) is 8.28. The Morgan fingerprint density at radius 3 is 1.90 bits per heavy atom. The molecule has 0 aromatic carbocycles. The van der Waals surface area contributed by atoms with Crippen LogP contribution in [0.25, 0.3) is 0 Å². The minimum atomic E-state index is -2.03.